The predicted molar refractivity (Wildman–Crippen MR) is 86.9 cm³/mol. The zero-order chi connectivity index (χ0) is 14.7. The molecule has 2 heteroatoms. The van der Waals surface area contributed by atoms with Crippen LogP contribution in [0.5, 0.6) is 5.75 Å². The largest absolute Gasteiger partial charge is 0.494 e. The molecule has 2 unspecified atom stereocenters. The summed E-state index contributed by atoms with van der Waals surface area (Å²) >= 11 is 0. The number of hydrogen-bond acceptors (Lipinski definition) is 2. The molecule has 0 radical (unpaired) electrons. The molecule has 0 aliphatic heterocycles. The Balaban J connectivity index is 1.85. The minimum Gasteiger partial charge on any atom is -0.494 e. The van der Waals surface area contributed by atoms with Crippen LogP contribution in [0.3, 0.4) is 0 Å². The van der Waals surface area contributed by atoms with Crippen molar-refractivity contribution in [2.24, 2.45) is 0 Å². The van der Waals surface area contributed by atoms with Crippen molar-refractivity contribution >= 4 is 0 Å². The van der Waals surface area contributed by atoms with Crippen LogP contribution in [0.1, 0.15) is 42.0 Å². The second-order valence-electron chi connectivity index (χ2n) is 5.61. The van der Waals surface area contributed by atoms with E-state index < -0.39 is 0 Å². The summed E-state index contributed by atoms with van der Waals surface area (Å²) in [6.45, 7) is 2.73. The first-order chi connectivity index (χ1) is 10.3. The van der Waals surface area contributed by atoms with E-state index in [1.807, 2.05) is 6.92 Å². The Hall–Kier alpha value is -1.80. The van der Waals surface area contributed by atoms with Crippen LogP contribution in [-0.2, 0) is 6.42 Å². The molecule has 2 aromatic carbocycles. The average Bonchev–Trinajstić information content (AvgIpc) is 2.94. The van der Waals surface area contributed by atoms with Crippen LogP contribution in [0.4, 0.5) is 0 Å². The summed E-state index contributed by atoms with van der Waals surface area (Å²) in [6, 6.07) is 17.7. The van der Waals surface area contributed by atoms with Gasteiger partial charge in [-0.05, 0) is 55.6 Å². The monoisotopic (exact) mass is 281 g/mol. The minimum absolute atomic E-state index is 0.365. The molecule has 1 aliphatic carbocycles. The lowest BCUT2D eigenvalue weighted by molar-refractivity contribution is 0.340. The normalized spacial score (nSPS) is 18.3. The molecule has 0 aromatic heterocycles. The molecule has 3 rings (SSSR count). The van der Waals surface area contributed by atoms with E-state index in [0.717, 1.165) is 5.75 Å². The van der Waals surface area contributed by atoms with Crippen molar-refractivity contribution in [2.75, 3.05) is 13.7 Å². The highest BCUT2D eigenvalue weighted by molar-refractivity contribution is 5.39. The van der Waals surface area contributed by atoms with Crippen LogP contribution in [0.15, 0.2) is 48.5 Å². The Morgan fingerprint density at radius 2 is 1.90 bits per heavy atom. The number of ether oxygens (including phenoxy) is 1. The fourth-order valence-corrected chi connectivity index (χ4v) is 3.47. The van der Waals surface area contributed by atoms with Gasteiger partial charge in [0.15, 0.2) is 0 Å². The Labute approximate surface area is 127 Å². The standard InChI is InChI=1S/C19H23NO/c1-3-21-16-11-8-15(9-12-16)19(20-2)18-13-10-14-6-4-5-7-17(14)18/h4-9,11-12,18-20H,3,10,13H2,1-2H3. The molecule has 1 aliphatic rings. The van der Waals surface area contributed by atoms with Gasteiger partial charge in [0.2, 0.25) is 0 Å². The zero-order valence-electron chi connectivity index (χ0n) is 12.8. The molecule has 21 heavy (non-hydrogen) atoms. The van der Waals surface area contributed by atoms with Crippen molar-refractivity contribution in [2.45, 2.75) is 31.7 Å². The van der Waals surface area contributed by atoms with Crippen LogP contribution in [-0.4, -0.2) is 13.7 Å². The first-order valence-corrected chi connectivity index (χ1v) is 7.81. The fourth-order valence-electron chi connectivity index (χ4n) is 3.47. The highest BCUT2D eigenvalue weighted by Gasteiger charge is 2.29. The highest BCUT2D eigenvalue weighted by Crippen LogP contribution is 2.41. The van der Waals surface area contributed by atoms with Gasteiger partial charge in [-0.1, -0.05) is 36.4 Å². The van der Waals surface area contributed by atoms with Gasteiger partial charge in [-0.15, -0.1) is 0 Å². The van der Waals surface area contributed by atoms with E-state index in [-0.39, 0.29) is 0 Å². The van der Waals surface area contributed by atoms with Gasteiger partial charge in [-0.25, -0.2) is 0 Å². The van der Waals surface area contributed by atoms with Crippen LogP contribution < -0.4 is 10.1 Å². The smallest absolute Gasteiger partial charge is 0.119 e. The Bertz CT molecular complexity index is 591. The van der Waals surface area contributed by atoms with E-state index in [0.29, 0.717) is 18.6 Å². The van der Waals surface area contributed by atoms with E-state index in [1.165, 1.54) is 29.5 Å². The summed E-state index contributed by atoms with van der Waals surface area (Å²) in [5, 5.41) is 3.51. The van der Waals surface area contributed by atoms with Crippen molar-refractivity contribution in [3.8, 4) is 5.75 Å². The summed E-state index contributed by atoms with van der Waals surface area (Å²) in [7, 11) is 2.06. The second-order valence-corrected chi connectivity index (χ2v) is 5.61. The van der Waals surface area contributed by atoms with Crippen LogP contribution in [0.2, 0.25) is 0 Å². The van der Waals surface area contributed by atoms with Gasteiger partial charge in [-0.3, -0.25) is 0 Å². The lowest BCUT2D eigenvalue weighted by Crippen LogP contribution is -2.22. The number of benzene rings is 2. The van der Waals surface area contributed by atoms with Gasteiger partial charge in [0.05, 0.1) is 6.61 Å². The summed E-state index contributed by atoms with van der Waals surface area (Å²) in [5.41, 5.74) is 4.35. The molecule has 0 amide bonds. The molecular formula is C19H23NO. The van der Waals surface area contributed by atoms with E-state index in [1.54, 1.807) is 0 Å². The van der Waals surface area contributed by atoms with Crippen molar-refractivity contribution in [1.29, 1.82) is 0 Å². The number of rotatable bonds is 5. The predicted octanol–water partition coefficient (Wildman–Crippen LogP) is 4.08. The molecule has 0 spiro atoms. The van der Waals surface area contributed by atoms with E-state index >= 15 is 0 Å². The third-order valence-electron chi connectivity index (χ3n) is 4.44. The lowest BCUT2D eigenvalue weighted by Gasteiger charge is -2.25. The summed E-state index contributed by atoms with van der Waals surface area (Å²) in [4.78, 5) is 0. The first-order valence-electron chi connectivity index (χ1n) is 7.81. The van der Waals surface area contributed by atoms with Crippen molar-refractivity contribution in [3.63, 3.8) is 0 Å². The quantitative estimate of drug-likeness (QED) is 0.891. The topological polar surface area (TPSA) is 21.3 Å². The number of aryl methyl sites for hydroxylation is 1. The van der Waals surface area contributed by atoms with E-state index in [4.69, 9.17) is 4.74 Å². The third kappa shape index (κ3) is 2.81. The Kier molecular flexibility index (Phi) is 4.26. The van der Waals surface area contributed by atoms with E-state index in [9.17, 15) is 0 Å². The molecule has 0 heterocycles. The van der Waals surface area contributed by atoms with Crippen molar-refractivity contribution in [3.05, 3.63) is 65.2 Å². The van der Waals surface area contributed by atoms with Crippen molar-refractivity contribution in [1.82, 2.24) is 5.32 Å². The maximum Gasteiger partial charge on any atom is 0.119 e. The number of hydrogen-bond donors (Lipinski definition) is 1. The highest BCUT2D eigenvalue weighted by atomic mass is 16.5. The minimum atomic E-state index is 0.365. The first kappa shape index (κ1) is 14.2. The molecule has 0 bridgehead atoms. The Morgan fingerprint density at radius 1 is 1.14 bits per heavy atom. The maximum absolute atomic E-state index is 5.54. The molecule has 0 saturated carbocycles. The summed E-state index contributed by atoms with van der Waals surface area (Å²) in [6.07, 6.45) is 2.41. The van der Waals surface area contributed by atoms with Crippen LogP contribution in [0.25, 0.3) is 0 Å². The van der Waals surface area contributed by atoms with E-state index in [2.05, 4.69) is 60.9 Å². The zero-order valence-corrected chi connectivity index (χ0v) is 12.8. The number of nitrogens with one attached hydrogen (secondary N) is 1. The molecule has 110 valence electrons. The fraction of sp³-hybridized carbons (Fsp3) is 0.368. The van der Waals surface area contributed by atoms with Crippen LogP contribution in [0, 0.1) is 0 Å². The molecule has 1 N–H and O–H groups in total. The van der Waals surface area contributed by atoms with Crippen molar-refractivity contribution < 1.29 is 4.74 Å². The third-order valence-corrected chi connectivity index (χ3v) is 4.44. The van der Waals surface area contributed by atoms with Crippen LogP contribution >= 0.6 is 0 Å². The maximum atomic E-state index is 5.54. The van der Waals surface area contributed by atoms with Gasteiger partial charge in [0.25, 0.3) is 0 Å². The number of likely N-dealkylation sites (N-methyl/N-ethyl adjacent to an activating group) is 1. The molecule has 0 saturated heterocycles. The molecular weight excluding hydrogens is 258 g/mol. The molecule has 2 atom stereocenters. The van der Waals surface area contributed by atoms with Gasteiger partial charge in [-0.2, -0.15) is 0 Å². The van der Waals surface area contributed by atoms with Gasteiger partial charge >= 0.3 is 0 Å². The summed E-state index contributed by atoms with van der Waals surface area (Å²) < 4.78 is 5.54. The van der Waals surface area contributed by atoms with Gasteiger partial charge in [0, 0.05) is 12.0 Å². The molecule has 0 fully saturated rings. The Morgan fingerprint density at radius 3 is 2.62 bits per heavy atom. The number of fused-ring (bicyclic) bond motifs is 1. The van der Waals surface area contributed by atoms with Gasteiger partial charge in [0.1, 0.15) is 5.75 Å². The summed E-state index contributed by atoms with van der Waals surface area (Å²) in [5.74, 6) is 1.51. The molecule has 2 nitrogen and oxygen atoms in total. The second kappa shape index (κ2) is 6.31. The lowest BCUT2D eigenvalue weighted by atomic mass is 9.88. The van der Waals surface area contributed by atoms with Gasteiger partial charge < -0.3 is 10.1 Å². The molecule has 2 aromatic rings. The average molecular weight is 281 g/mol. The SMILES string of the molecule is CCOc1ccc(C(NC)C2CCc3ccccc32)cc1.